The van der Waals surface area contributed by atoms with Crippen molar-refractivity contribution in [3.05, 3.63) is 29.8 Å². The van der Waals surface area contributed by atoms with E-state index in [-0.39, 0.29) is 22.5 Å². The SMILES string of the molecule is COCCNC(=O)CSc1nnc(Nc2ccccc2C(F)(F)F)s1. The number of halogens is 3. The van der Waals surface area contributed by atoms with E-state index in [1.165, 1.54) is 25.3 Å². The molecule has 1 amide bonds. The first kappa shape index (κ1) is 19.5. The van der Waals surface area contributed by atoms with Gasteiger partial charge in [0.15, 0.2) is 4.34 Å². The van der Waals surface area contributed by atoms with Crippen molar-refractivity contribution in [2.24, 2.45) is 0 Å². The molecule has 0 aliphatic carbocycles. The maximum Gasteiger partial charge on any atom is 0.418 e. The lowest BCUT2D eigenvalue weighted by molar-refractivity contribution is -0.137. The van der Waals surface area contributed by atoms with E-state index < -0.39 is 11.7 Å². The first-order valence-corrected chi connectivity index (χ1v) is 8.85. The zero-order valence-corrected chi connectivity index (χ0v) is 14.7. The van der Waals surface area contributed by atoms with Gasteiger partial charge < -0.3 is 15.4 Å². The number of para-hydroxylation sites is 1. The molecular formula is C14H15F3N4O2S2. The molecule has 0 aliphatic heterocycles. The molecule has 0 saturated heterocycles. The lowest BCUT2D eigenvalue weighted by Crippen LogP contribution is -2.28. The second-order valence-electron chi connectivity index (χ2n) is 4.67. The van der Waals surface area contributed by atoms with E-state index in [4.69, 9.17) is 4.74 Å². The Hall–Kier alpha value is -1.85. The molecule has 0 bridgehead atoms. The van der Waals surface area contributed by atoms with Crippen LogP contribution in [0.4, 0.5) is 24.0 Å². The van der Waals surface area contributed by atoms with Gasteiger partial charge in [-0.05, 0) is 12.1 Å². The van der Waals surface area contributed by atoms with Crippen LogP contribution in [0.25, 0.3) is 0 Å². The Morgan fingerprint density at radius 3 is 2.80 bits per heavy atom. The normalized spacial score (nSPS) is 11.4. The van der Waals surface area contributed by atoms with E-state index in [0.29, 0.717) is 17.5 Å². The van der Waals surface area contributed by atoms with Gasteiger partial charge in [-0.15, -0.1) is 10.2 Å². The molecule has 0 radical (unpaired) electrons. The fraction of sp³-hybridized carbons (Fsp3) is 0.357. The standard InChI is InChI=1S/C14H15F3N4O2S2/c1-23-7-6-18-11(22)8-24-13-21-20-12(25-13)19-10-5-3-2-4-9(10)14(15,16)17/h2-5H,6-8H2,1H3,(H,18,22)(H,19,20). The molecule has 11 heteroatoms. The van der Waals surface area contributed by atoms with Crippen molar-refractivity contribution < 1.29 is 22.7 Å². The van der Waals surface area contributed by atoms with Crippen LogP contribution in [-0.4, -0.2) is 42.1 Å². The number of rotatable bonds is 8. The van der Waals surface area contributed by atoms with Crippen molar-refractivity contribution in [2.75, 3.05) is 31.3 Å². The van der Waals surface area contributed by atoms with Crippen molar-refractivity contribution in [3.63, 3.8) is 0 Å². The summed E-state index contributed by atoms with van der Waals surface area (Å²) in [6, 6.07) is 5.12. The van der Waals surface area contributed by atoms with Gasteiger partial charge in [0.05, 0.1) is 23.6 Å². The highest BCUT2D eigenvalue weighted by Gasteiger charge is 2.33. The summed E-state index contributed by atoms with van der Waals surface area (Å²) in [7, 11) is 1.54. The van der Waals surface area contributed by atoms with Crippen molar-refractivity contribution >= 4 is 39.8 Å². The maximum absolute atomic E-state index is 13.0. The van der Waals surface area contributed by atoms with Gasteiger partial charge in [0, 0.05) is 13.7 Å². The minimum atomic E-state index is -4.47. The number of benzene rings is 1. The minimum absolute atomic E-state index is 0.0972. The van der Waals surface area contributed by atoms with Crippen molar-refractivity contribution in [2.45, 2.75) is 10.5 Å². The predicted molar refractivity (Wildman–Crippen MR) is 90.2 cm³/mol. The van der Waals surface area contributed by atoms with Crippen LogP contribution in [0.3, 0.4) is 0 Å². The number of alkyl halides is 3. The van der Waals surface area contributed by atoms with Gasteiger partial charge in [0.2, 0.25) is 11.0 Å². The number of anilines is 2. The second-order valence-corrected chi connectivity index (χ2v) is 6.87. The third-order valence-electron chi connectivity index (χ3n) is 2.84. The highest BCUT2D eigenvalue weighted by Crippen LogP contribution is 2.36. The predicted octanol–water partition coefficient (Wildman–Crippen LogP) is 3.16. The summed E-state index contributed by atoms with van der Waals surface area (Å²) in [4.78, 5) is 11.6. The smallest absolute Gasteiger partial charge is 0.383 e. The Bertz CT molecular complexity index is 709. The Morgan fingerprint density at radius 2 is 2.08 bits per heavy atom. The van der Waals surface area contributed by atoms with E-state index >= 15 is 0 Å². The first-order chi connectivity index (χ1) is 11.9. The van der Waals surface area contributed by atoms with Crippen molar-refractivity contribution in [1.29, 1.82) is 0 Å². The van der Waals surface area contributed by atoms with Crippen molar-refractivity contribution in [3.8, 4) is 0 Å². The summed E-state index contributed by atoms with van der Waals surface area (Å²) in [6.07, 6.45) is -4.47. The molecule has 136 valence electrons. The van der Waals surface area contributed by atoms with E-state index in [1.54, 1.807) is 0 Å². The Balaban J connectivity index is 1.93. The molecule has 0 aliphatic rings. The number of amides is 1. The van der Waals surface area contributed by atoms with E-state index in [0.717, 1.165) is 29.2 Å². The number of nitrogens with zero attached hydrogens (tertiary/aromatic N) is 2. The van der Waals surface area contributed by atoms with Gasteiger partial charge in [-0.1, -0.05) is 35.2 Å². The summed E-state index contributed by atoms with van der Waals surface area (Å²) < 4.78 is 44.2. The number of hydrogen-bond donors (Lipinski definition) is 2. The molecule has 0 spiro atoms. The van der Waals surface area contributed by atoms with E-state index in [2.05, 4.69) is 20.8 Å². The third kappa shape index (κ3) is 6.18. The molecular weight excluding hydrogens is 377 g/mol. The number of hydrogen-bond acceptors (Lipinski definition) is 7. The van der Waals surface area contributed by atoms with Crippen LogP contribution in [0.2, 0.25) is 0 Å². The first-order valence-electron chi connectivity index (χ1n) is 7.05. The highest BCUT2D eigenvalue weighted by atomic mass is 32.2. The van der Waals surface area contributed by atoms with Gasteiger partial charge in [-0.3, -0.25) is 4.79 Å². The molecule has 25 heavy (non-hydrogen) atoms. The van der Waals surface area contributed by atoms with Crippen LogP contribution in [0.1, 0.15) is 5.56 Å². The van der Waals surface area contributed by atoms with Gasteiger partial charge in [-0.25, -0.2) is 0 Å². The largest absolute Gasteiger partial charge is 0.418 e. The van der Waals surface area contributed by atoms with Crippen LogP contribution in [0.15, 0.2) is 28.6 Å². The molecule has 0 saturated carbocycles. The monoisotopic (exact) mass is 392 g/mol. The van der Waals surface area contributed by atoms with Crippen LogP contribution in [0.5, 0.6) is 0 Å². The van der Waals surface area contributed by atoms with Gasteiger partial charge in [0.25, 0.3) is 0 Å². The fourth-order valence-corrected chi connectivity index (χ4v) is 3.34. The third-order valence-corrected chi connectivity index (χ3v) is 4.81. The van der Waals surface area contributed by atoms with Crippen molar-refractivity contribution in [1.82, 2.24) is 15.5 Å². The maximum atomic E-state index is 13.0. The molecule has 0 fully saturated rings. The molecule has 6 nitrogen and oxygen atoms in total. The topological polar surface area (TPSA) is 76.1 Å². The molecule has 1 heterocycles. The zero-order valence-electron chi connectivity index (χ0n) is 13.1. The Kier molecular flexibility index (Phi) is 7.02. The molecule has 2 aromatic rings. The zero-order chi connectivity index (χ0) is 18.3. The van der Waals surface area contributed by atoms with Crippen LogP contribution in [0, 0.1) is 0 Å². The van der Waals surface area contributed by atoms with Gasteiger partial charge in [-0.2, -0.15) is 13.2 Å². The number of ether oxygens (including phenoxy) is 1. The number of nitrogens with one attached hydrogen (secondary N) is 2. The van der Waals surface area contributed by atoms with E-state index in [1.807, 2.05) is 0 Å². The number of thioether (sulfide) groups is 1. The molecule has 0 atom stereocenters. The highest BCUT2D eigenvalue weighted by molar-refractivity contribution is 8.01. The number of methoxy groups -OCH3 is 1. The molecule has 1 aromatic heterocycles. The minimum Gasteiger partial charge on any atom is -0.383 e. The summed E-state index contributed by atoms with van der Waals surface area (Å²) in [5, 5.41) is 13.2. The quantitative estimate of drug-likeness (QED) is 0.531. The van der Waals surface area contributed by atoms with Crippen LogP contribution >= 0.6 is 23.1 Å². The van der Waals surface area contributed by atoms with Gasteiger partial charge >= 0.3 is 6.18 Å². The second kappa shape index (κ2) is 9.02. The average molecular weight is 392 g/mol. The average Bonchev–Trinajstić information content (AvgIpc) is 3.00. The Labute approximate surface area is 150 Å². The number of carbonyl (C=O) groups excluding carboxylic acids is 1. The lowest BCUT2D eigenvalue weighted by Gasteiger charge is -2.12. The summed E-state index contributed by atoms with van der Waals surface area (Å²) in [5.74, 6) is -0.0496. The Morgan fingerprint density at radius 1 is 1.32 bits per heavy atom. The van der Waals surface area contributed by atoms with Crippen LogP contribution in [-0.2, 0) is 15.7 Å². The lowest BCUT2D eigenvalue weighted by atomic mass is 10.2. The number of aromatic nitrogens is 2. The number of carbonyl (C=O) groups is 1. The van der Waals surface area contributed by atoms with Gasteiger partial charge in [0.1, 0.15) is 0 Å². The summed E-state index contributed by atoms with van der Waals surface area (Å²) in [6.45, 7) is 0.828. The molecule has 2 N–H and O–H groups in total. The summed E-state index contributed by atoms with van der Waals surface area (Å²) in [5.41, 5.74) is -0.878. The van der Waals surface area contributed by atoms with Crippen LogP contribution < -0.4 is 10.6 Å². The fourth-order valence-electron chi connectivity index (χ4n) is 1.74. The molecule has 2 rings (SSSR count). The molecule has 0 unspecified atom stereocenters. The summed E-state index contributed by atoms with van der Waals surface area (Å²) >= 11 is 2.23. The van der Waals surface area contributed by atoms with E-state index in [9.17, 15) is 18.0 Å². The molecule has 1 aromatic carbocycles.